The molecule has 0 heterocycles. The van der Waals surface area contributed by atoms with Gasteiger partial charge in [0.05, 0.1) is 23.4 Å². The number of allylic oxidation sites excluding steroid dienone is 4. The zero-order chi connectivity index (χ0) is 19.8. The number of nitriles is 3. The van der Waals surface area contributed by atoms with Crippen LogP contribution < -0.4 is 5.73 Å². The molecule has 0 fully saturated rings. The predicted octanol–water partition coefficient (Wildman–Crippen LogP) is 4.60. The maximum Gasteiger partial charge on any atom is 0.191 e. The highest BCUT2D eigenvalue weighted by molar-refractivity contribution is 5.60. The van der Waals surface area contributed by atoms with Crippen LogP contribution in [0.2, 0.25) is 0 Å². The fraction of sp³-hybridized carbons (Fsp3) is 0.435. The highest BCUT2D eigenvalue weighted by Gasteiger charge is 2.54. The van der Waals surface area contributed by atoms with E-state index in [2.05, 4.69) is 36.4 Å². The minimum atomic E-state index is -1.53. The van der Waals surface area contributed by atoms with Gasteiger partial charge in [0, 0.05) is 5.92 Å². The third-order valence-corrected chi connectivity index (χ3v) is 6.10. The number of rotatable bonds is 1. The van der Waals surface area contributed by atoms with Gasteiger partial charge in [-0.15, -0.1) is 0 Å². The Balaban J connectivity index is 2.41. The number of nitrogens with zero attached hydrogens (tertiary/aromatic N) is 3. The lowest BCUT2D eigenvalue weighted by Crippen LogP contribution is -2.42. The third kappa shape index (κ3) is 2.72. The molecule has 2 aliphatic carbocycles. The molecule has 136 valence electrons. The molecular weight excluding hydrogens is 332 g/mol. The van der Waals surface area contributed by atoms with E-state index in [-0.39, 0.29) is 17.5 Å². The standard InChI is InChI=1S/C23H24N4/c1-14-9-15(2)20(16(3)10-14)21-18-8-6-4-5-7-17(18)19(11-24)22(27)23(21,12-25)13-26/h7,9-10,18,21H,4-6,8,27H2,1-3H3/t18-,21-/m1/s1. The zero-order valence-corrected chi connectivity index (χ0v) is 16.1. The maximum atomic E-state index is 10.1. The van der Waals surface area contributed by atoms with Crippen LogP contribution in [0.1, 0.15) is 53.9 Å². The van der Waals surface area contributed by atoms with E-state index in [0.717, 1.165) is 53.5 Å². The molecule has 0 aromatic heterocycles. The lowest BCUT2D eigenvalue weighted by molar-refractivity contribution is 0.326. The monoisotopic (exact) mass is 356 g/mol. The van der Waals surface area contributed by atoms with Crippen molar-refractivity contribution in [3.05, 3.63) is 57.3 Å². The van der Waals surface area contributed by atoms with Gasteiger partial charge in [-0.1, -0.05) is 30.2 Å². The van der Waals surface area contributed by atoms with E-state index in [4.69, 9.17) is 5.73 Å². The second-order valence-corrected chi connectivity index (χ2v) is 7.77. The van der Waals surface area contributed by atoms with Gasteiger partial charge in [-0.3, -0.25) is 0 Å². The average molecular weight is 356 g/mol. The summed E-state index contributed by atoms with van der Waals surface area (Å²) in [6.07, 6.45) is 5.91. The molecule has 2 aliphatic rings. The molecule has 1 aromatic carbocycles. The average Bonchev–Trinajstić information content (AvgIpc) is 2.87. The van der Waals surface area contributed by atoms with Crippen LogP contribution in [0.25, 0.3) is 0 Å². The van der Waals surface area contributed by atoms with Crippen molar-refractivity contribution in [3.8, 4) is 18.2 Å². The number of benzene rings is 1. The summed E-state index contributed by atoms with van der Waals surface area (Å²) in [5, 5.41) is 30.0. The summed E-state index contributed by atoms with van der Waals surface area (Å²) in [5.74, 6) is -0.414. The first-order valence-corrected chi connectivity index (χ1v) is 9.42. The lowest BCUT2D eigenvalue weighted by Gasteiger charge is -2.43. The SMILES string of the molecule is Cc1cc(C)c([C@H]2[C@@H]3CCCCC=C3C(C#N)=C(N)C2(C#N)C#N)c(C)c1. The van der Waals surface area contributed by atoms with Crippen molar-refractivity contribution in [2.75, 3.05) is 0 Å². The van der Waals surface area contributed by atoms with Gasteiger partial charge < -0.3 is 5.73 Å². The molecule has 0 unspecified atom stereocenters. The number of nitrogens with two attached hydrogens (primary N) is 1. The molecule has 1 aromatic rings. The minimum Gasteiger partial charge on any atom is -0.399 e. The lowest BCUT2D eigenvalue weighted by atomic mass is 9.57. The van der Waals surface area contributed by atoms with Crippen LogP contribution in [0.3, 0.4) is 0 Å². The van der Waals surface area contributed by atoms with Crippen LogP contribution in [0.4, 0.5) is 0 Å². The number of hydrogen-bond donors (Lipinski definition) is 1. The van der Waals surface area contributed by atoms with Crippen LogP contribution in [0.15, 0.2) is 35.1 Å². The van der Waals surface area contributed by atoms with Gasteiger partial charge in [0.15, 0.2) is 5.41 Å². The third-order valence-electron chi connectivity index (χ3n) is 6.10. The van der Waals surface area contributed by atoms with Crippen molar-refractivity contribution in [1.29, 1.82) is 15.8 Å². The Bertz CT molecular complexity index is 938. The molecule has 27 heavy (non-hydrogen) atoms. The molecule has 0 saturated heterocycles. The van der Waals surface area contributed by atoms with E-state index in [1.165, 1.54) is 0 Å². The summed E-state index contributed by atoms with van der Waals surface area (Å²) < 4.78 is 0. The van der Waals surface area contributed by atoms with E-state index >= 15 is 0 Å². The molecule has 0 spiro atoms. The molecule has 4 heteroatoms. The van der Waals surface area contributed by atoms with E-state index in [1.54, 1.807) is 0 Å². The van der Waals surface area contributed by atoms with Crippen LogP contribution in [0.5, 0.6) is 0 Å². The number of hydrogen-bond acceptors (Lipinski definition) is 4. The van der Waals surface area contributed by atoms with Gasteiger partial charge in [0.2, 0.25) is 0 Å². The van der Waals surface area contributed by atoms with Crippen molar-refractivity contribution in [2.24, 2.45) is 17.1 Å². The molecule has 0 bridgehead atoms. The van der Waals surface area contributed by atoms with Gasteiger partial charge in [-0.2, -0.15) is 15.8 Å². The normalized spacial score (nSPS) is 23.9. The van der Waals surface area contributed by atoms with Crippen molar-refractivity contribution >= 4 is 0 Å². The highest BCUT2D eigenvalue weighted by Crippen LogP contribution is 2.56. The van der Waals surface area contributed by atoms with Crippen molar-refractivity contribution in [3.63, 3.8) is 0 Å². The fourth-order valence-electron chi connectivity index (χ4n) is 5.04. The molecule has 4 nitrogen and oxygen atoms in total. The van der Waals surface area contributed by atoms with Crippen molar-refractivity contribution in [2.45, 2.75) is 52.4 Å². The predicted molar refractivity (Wildman–Crippen MR) is 104 cm³/mol. The Morgan fingerprint density at radius 3 is 2.22 bits per heavy atom. The molecule has 0 radical (unpaired) electrons. The zero-order valence-electron chi connectivity index (χ0n) is 16.1. The van der Waals surface area contributed by atoms with E-state index < -0.39 is 5.41 Å². The van der Waals surface area contributed by atoms with Gasteiger partial charge in [0.1, 0.15) is 6.07 Å². The molecule has 2 N–H and O–H groups in total. The Morgan fingerprint density at radius 1 is 1.04 bits per heavy atom. The van der Waals surface area contributed by atoms with Gasteiger partial charge in [-0.25, -0.2) is 0 Å². The Hall–Kier alpha value is -3.03. The Kier molecular flexibility index (Phi) is 4.82. The molecule has 0 saturated carbocycles. The maximum absolute atomic E-state index is 10.1. The van der Waals surface area contributed by atoms with E-state index in [0.29, 0.717) is 5.57 Å². The van der Waals surface area contributed by atoms with Crippen LogP contribution >= 0.6 is 0 Å². The van der Waals surface area contributed by atoms with Crippen LogP contribution in [-0.4, -0.2) is 0 Å². The van der Waals surface area contributed by atoms with Crippen LogP contribution in [0, 0.1) is 66.1 Å². The molecule has 0 aliphatic heterocycles. The molecule has 2 atom stereocenters. The number of aryl methyl sites for hydroxylation is 3. The Morgan fingerprint density at radius 2 is 1.67 bits per heavy atom. The summed E-state index contributed by atoms with van der Waals surface area (Å²) in [6, 6.07) is 10.9. The summed E-state index contributed by atoms with van der Waals surface area (Å²) in [7, 11) is 0. The number of fused-ring (bicyclic) bond motifs is 1. The quantitative estimate of drug-likeness (QED) is 0.795. The second kappa shape index (κ2) is 6.94. The molecular formula is C23H24N4. The van der Waals surface area contributed by atoms with E-state index in [9.17, 15) is 15.8 Å². The smallest absolute Gasteiger partial charge is 0.191 e. The van der Waals surface area contributed by atoms with Crippen molar-refractivity contribution in [1.82, 2.24) is 0 Å². The Labute approximate surface area is 161 Å². The summed E-state index contributed by atoms with van der Waals surface area (Å²) >= 11 is 0. The van der Waals surface area contributed by atoms with Crippen molar-refractivity contribution < 1.29 is 0 Å². The van der Waals surface area contributed by atoms with E-state index in [1.807, 2.05) is 20.8 Å². The fourth-order valence-corrected chi connectivity index (χ4v) is 5.04. The second-order valence-electron chi connectivity index (χ2n) is 7.77. The largest absolute Gasteiger partial charge is 0.399 e. The molecule has 3 rings (SSSR count). The van der Waals surface area contributed by atoms with Gasteiger partial charge in [-0.05, 0) is 68.2 Å². The summed E-state index contributed by atoms with van der Waals surface area (Å²) in [4.78, 5) is 0. The summed E-state index contributed by atoms with van der Waals surface area (Å²) in [5.41, 5.74) is 10.6. The summed E-state index contributed by atoms with van der Waals surface area (Å²) in [6.45, 7) is 6.12. The molecule has 0 amide bonds. The first kappa shape index (κ1) is 18.8. The topological polar surface area (TPSA) is 97.4 Å². The first-order valence-electron chi connectivity index (χ1n) is 9.42. The van der Waals surface area contributed by atoms with Gasteiger partial charge in [0.25, 0.3) is 0 Å². The van der Waals surface area contributed by atoms with Crippen LogP contribution in [-0.2, 0) is 0 Å². The first-order chi connectivity index (χ1) is 12.9. The van der Waals surface area contributed by atoms with Gasteiger partial charge >= 0.3 is 0 Å². The minimum absolute atomic E-state index is 0.0474. The highest BCUT2D eigenvalue weighted by atomic mass is 14.7.